The lowest BCUT2D eigenvalue weighted by Crippen LogP contribution is -2.11. The fourth-order valence-electron chi connectivity index (χ4n) is 5.58. The van der Waals surface area contributed by atoms with E-state index >= 15 is 0 Å². The maximum absolute atomic E-state index is 5.67. The van der Waals surface area contributed by atoms with Crippen molar-refractivity contribution in [2.24, 2.45) is 5.73 Å². The molecule has 0 bridgehead atoms. The van der Waals surface area contributed by atoms with E-state index < -0.39 is 0 Å². The lowest BCUT2D eigenvalue weighted by molar-refractivity contribution is 0.360. The number of nitrogens with two attached hydrogens (primary N) is 1. The first-order valence-electron chi connectivity index (χ1n) is 12.6. The molecule has 2 N–H and O–H groups in total. The van der Waals surface area contributed by atoms with E-state index in [0.717, 1.165) is 13.0 Å². The van der Waals surface area contributed by atoms with Gasteiger partial charge in [-0.3, -0.25) is 0 Å². The van der Waals surface area contributed by atoms with Gasteiger partial charge in [0.05, 0.1) is 0 Å². The minimum absolute atomic E-state index is 0.476. The molecular weight excluding hydrogens is 376 g/mol. The molecule has 1 heterocycles. The van der Waals surface area contributed by atoms with Crippen LogP contribution in [0.1, 0.15) is 99.3 Å². The molecule has 2 heteroatoms. The van der Waals surface area contributed by atoms with Gasteiger partial charge in [-0.05, 0) is 56.3 Å². The van der Waals surface area contributed by atoms with Gasteiger partial charge in [0.25, 0.3) is 0 Å². The average molecular weight is 417 g/mol. The molecular formula is C29H40N2. The van der Waals surface area contributed by atoms with Crippen molar-refractivity contribution in [2.75, 3.05) is 6.54 Å². The van der Waals surface area contributed by atoms with Gasteiger partial charge in [-0.15, -0.1) is 0 Å². The molecule has 1 aromatic heterocycles. The third-order valence-electron chi connectivity index (χ3n) is 7.26. The molecule has 4 rings (SSSR count). The molecule has 0 spiro atoms. The third kappa shape index (κ3) is 5.41. The highest BCUT2D eigenvalue weighted by atomic mass is 15.0. The fourth-order valence-corrected chi connectivity index (χ4v) is 5.58. The van der Waals surface area contributed by atoms with E-state index in [4.69, 9.17) is 5.73 Å². The molecule has 1 aliphatic rings. The predicted octanol–water partition coefficient (Wildman–Crippen LogP) is 7.89. The molecule has 0 aliphatic heterocycles. The van der Waals surface area contributed by atoms with Crippen molar-refractivity contribution in [1.82, 2.24) is 4.57 Å². The molecule has 166 valence electrons. The average Bonchev–Trinajstić information content (AvgIpc) is 3.19. The second-order valence-electron chi connectivity index (χ2n) is 9.61. The van der Waals surface area contributed by atoms with E-state index in [1.54, 1.807) is 0 Å². The number of benzene rings is 2. The van der Waals surface area contributed by atoms with Crippen molar-refractivity contribution in [3.63, 3.8) is 0 Å². The predicted molar refractivity (Wildman–Crippen MR) is 134 cm³/mol. The topological polar surface area (TPSA) is 30.9 Å². The Morgan fingerprint density at radius 1 is 0.903 bits per heavy atom. The SMILES string of the molecule is Cc1cccc(C(CCCCCCCN)c2cn(C3CCCCC3)c3ccccc23)c1. The molecule has 3 aromatic rings. The Kier molecular flexibility index (Phi) is 7.86. The first kappa shape index (κ1) is 22.1. The number of aromatic nitrogens is 1. The number of rotatable bonds is 10. The molecule has 0 amide bonds. The van der Waals surface area contributed by atoms with Gasteiger partial charge in [0, 0.05) is 29.1 Å². The van der Waals surface area contributed by atoms with Crippen LogP contribution in [0, 0.1) is 6.92 Å². The van der Waals surface area contributed by atoms with Gasteiger partial charge in [-0.25, -0.2) is 0 Å². The van der Waals surface area contributed by atoms with Crippen LogP contribution in [0.25, 0.3) is 10.9 Å². The Bertz CT molecular complexity index is 948. The molecule has 0 radical (unpaired) electrons. The van der Waals surface area contributed by atoms with Crippen LogP contribution < -0.4 is 5.73 Å². The van der Waals surface area contributed by atoms with E-state index in [1.807, 2.05) is 0 Å². The Morgan fingerprint density at radius 3 is 2.48 bits per heavy atom. The smallest absolute Gasteiger partial charge is 0.0485 e. The van der Waals surface area contributed by atoms with Crippen LogP contribution in [0.2, 0.25) is 0 Å². The van der Waals surface area contributed by atoms with Gasteiger partial charge in [0.2, 0.25) is 0 Å². The molecule has 1 atom stereocenters. The standard InChI is InChI=1S/C29H40N2/c1-23-13-12-14-24(21-23)26(17-8-3-2-4-11-20-30)28-22-31(25-15-6-5-7-16-25)29-19-10-9-18-27(28)29/h9-10,12-14,18-19,21-22,25-26H,2-8,11,15-17,20,30H2,1H3. The molecule has 1 saturated carbocycles. The molecule has 31 heavy (non-hydrogen) atoms. The summed E-state index contributed by atoms with van der Waals surface area (Å²) in [5.74, 6) is 0.476. The monoisotopic (exact) mass is 416 g/mol. The summed E-state index contributed by atoms with van der Waals surface area (Å²) in [5.41, 5.74) is 11.5. The van der Waals surface area contributed by atoms with Gasteiger partial charge < -0.3 is 10.3 Å². The van der Waals surface area contributed by atoms with Crippen LogP contribution >= 0.6 is 0 Å². The first-order valence-corrected chi connectivity index (χ1v) is 12.6. The minimum atomic E-state index is 0.476. The maximum atomic E-state index is 5.67. The lowest BCUT2D eigenvalue weighted by atomic mass is 9.86. The van der Waals surface area contributed by atoms with Gasteiger partial charge in [0.15, 0.2) is 0 Å². The summed E-state index contributed by atoms with van der Waals surface area (Å²) >= 11 is 0. The summed E-state index contributed by atoms with van der Waals surface area (Å²) in [5, 5.41) is 1.46. The molecule has 1 aliphatic carbocycles. The molecule has 2 nitrogen and oxygen atoms in total. The van der Waals surface area contributed by atoms with Crippen molar-refractivity contribution in [2.45, 2.75) is 89.5 Å². The highest BCUT2D eigenvalue weighted by Crippen LogP contribution is 2.39. The fraction of sp³-hybridized carbons (Fsp3) is 0.517. The number of fused-ring (bicyclic) bond motifs is 1. The molecule has 1 unspecified atom stereocenters. The van der Waals surface area contributed by atoms with Gasteiger partial charge >= 0.3 is 0 Å². The number of hydrogen-bond acceptors (Lipinski definition) is 1. The summed E-state index contributed by atoms with van der Waals surface area (Å²) in [6.07, 6.45) is 16.9. The molecule has 0 saturated heterocycles. The Morgan fingerprint density at radius 2 is 1.68 bits per heavy atom. The first-order chi connectivity index (χ1) is 15.3. The van der Waals surface area contributed by atoms with Crippen molar-refractivity contribution in [3.05, 3.63) is 71.4 Å². The molecule has 1 fully saturated rings. The second-order valence-corrected chi connectivity index (χ2v) is 9.61. The van der Waals surface area contributed by atoms with Crippen LogP contribution in [-0.4, -0.2) is 11.1 Å². The number of hydrogen-bond donors (Lipinski definition) is 1. The van der Waals surface area contributed by atoms with Crippen LogP contribution in [0.15, 0.2) is 54.7 Å². The van der Waals surface area contributed by atoms with E-state index in [1.165, 1.54) is 91.8 Å². The van der Waals surface area contributed by atoms with Gasteiger partial charge in [0.1, 0.15) is 0 Å². The zero-order valence-corrected chi connectivity index (χ0v) is 19.4. The largest absolute Gasteiger partial charge is 0.344 e. The van der Waals surface area contributed by atoms with Crippen LogP contribution in [0.5, 0.6) is 0 Å². The summed E-state index contributed by atoms with van der Waals surface area (Å²) in [6.45, 7) is 3.05. The number of nitrogens with zero attached hydrogens (tertiary/aromatic N) is 1. The highest BCUT2D eigenvalue weighted by Gasteiger charge is 2.23. The molecule has 2 aromatic carbocycles. The number of para-hydroxylation sites is 1. The van der Waals surface area contributed by atoms with Gasteiger partial charge in [-0.2, -0.15) is 0 Å². The van der Waals surface area contributed by atoms with Crippen molar-refractivity contribution >= 4 is 10.9 Å². The normalized spacial score (nSPS) is 16.1. The van der Waals surface area contributed by atoms with E-state index in [2.05, 4.69) is 66.2 Å². The summed E-state index contributed by atoms with van der Waals surface area (Å²) in [4.78, 5) is 0. The van der Waals surface area contributed by atoms with E-state index in [9.17, 15) is 0 Å². The quantitative estimate of drug-likeness (QED) is 0.335. The number of aryl methyl sites for hydroxylation is 1. The summed E-state index contributed by atoms with van der Waals surface area (Å²) in [6, 6.07) is 19.0. The Hall–Kier alpha value is -2.06. The second kappa shape index (κ2) is 11.0. The van der Waals surface area contributed by atoms with Crippen molar-refractivity contribution in [3.8, 4) is 0 Å². The Labute approximate surface area is 188 Å². The van der Waals surface area contributed by atoms with Crippen LogP contribution in [0.4, 0.5) is 0 Å². The van der Waals surface area contributed by atoms with E-state index in [0.29, 0.717) is 12.0 Å². The highest BCUT2D eigenvalue weighted by molar-refractivity contribution is 5.85. The number of unbranched alkanes of at least 4 members (excludes halogenated alkanes) is 4. The lowest BCUT2D eigenvalue weighted by Gasteiger charge is -2.24. The minimum Gasteiger partial charge on any atom is -0.344 e. The zero-order chi connectivity index (χ0) is 21.5. The maximum Gasteiger partial charge on any atom is 0.0485 e. The van der Waals surface area contributed by atoms with Crippen LogP contribution in [0.3, 0.4) is 0 Å². The Balaban J connectivity index is 1.65. The van der Waals surface area contributed by atoms with Gasteiger partial charge in [-0.1, -0.05) is 93.0 Å². The summed E-state index contributed by atoms with van der Waals surface area (Å²) < 4.78 is 2.63. The van der Waals surface area contributed by atoms with Crippen molar-refractivity contribution < 1.29 is 0 Å². The third-order valence-corrected chi connectivity index (χ3v) is 7.26. The van der Waals surface area contributed by atoms with Crippen molar-refractivity contribution in [1.29, 1.82) is 0 Å². The van der Waals surface area contributed by atoms with Crippen LogP contribution in [-0.2, 0) is 0 Å². The van der Waals surface area contributed by atoms with E-state index in [-0.39, 0.29) is 0 Å². The zero-order valence-electron chi connectivity index (χ0n) is 19.4. The summed E-state index contributed by atoms with van der Waals surface area (Å²) in [7, 11) is 0.